The molecule has 0 heterocycles. The quantitative estimate of drug-likeness (QED) is 0.822. The van der Waals surface area contributed by atoms with Crippen LogP contribution in [0.15, 0.2) is 18.2 Å². The van der Waals surface area contributed by atoms with Gasteiger partial charge in [-0.15, -0.1) is 0 Å². The number of para-hydroxylation sites is 1. The van der Waals surface area contributed by atoms with E-state index in [-0.39, 0.29) is 17.4 Å². The summed E-state index contributed by atoms with van der Waals surface area (Å²) in [4.78, 5) is 10.4. The molecule has 0 radical (unpaired) electrons. The van der Waals surface area contributed by atoms with Gasteiger partial charge in [-0.3, -0.25) is 4.79 Å². The fourth-order valence-corrected chi connectivity index (χ4v) is 1.08. The van der Waals surface area contributed by atoms with Crippen LogP contribution in [0.3, 0.4) is 0 Å². The van der Waals surface area contributed by atoms with Crippen LogP contribution in [0, 0.1) is 5.82 Å². The topological polar surface area (TPSA) is 72.5 Å². The lowest BCUT2D eigenvalue weighted by atomic mass is 10.3. The van der Waals surface area contributed by atoms with Gasteiger partial charge in [-0.1, -0.05) is 17.7 Å². The van der Waals surface area contributed by atoms with Gasteiger partial charge in [-0.2, -0.15) is 0 Å². The Bertz CT molecular complexity index is 352. The Hall–Kier alpha value is -1.33. The lowest BCUT2D eigenvalue weighted by Gasteiger charge is -2.10. The van der Waals surface area contributed by atoms with Crippen molar-refractivity contribution in [2.75, 3.05) is 6.61 Å². The van der Waals surface area contributed by atoms with Crippen LogP contribution in [0.2, 0.25) is 5.02 Å². The van der Waals surface area contributed by atoms with Crippen LogP contribution in [-0.4, -0.2) is 23.7 Å². The maximum Gasteiger partial charge on any atom is 0.324 e. The molecule has 0 saturated carbocycles. The molecular weight excluding hydrogens is 225 g/mol. The third-order valence-corrected chi connectivity index (χ3v) is 1.94. The average molecular weight is 234 g/mol. The standard InChI is InChI=1S/C9H9ClFNO3/c10-5-2-1-3-6(11)8(5)15-4-7(12)9(13)14/h1-3,7H,4,12H2,(H,13,14). The van der Waals surface area contributed by atoms with E-state index in [0.717, 1.165) is 6.07 Å². The Morgan fingerprint density at radius 1 is 1.67 bits per heavy atom. The van der Waals surface area contributed by atoms with Crippen molar-refractivity contribution < 1.29 is 19.0 Å². The van der Waals surface area contributed by atoms with E-state index in [2.05, 4.69) is 0 Å². The summed E-state index contributed by atoms with van der Waals surface area (Å²) in [5.41, 5.74) is 5.17. The van der Waals surface area contributed by atoms with Crippen LogP contribution in [0.5, 0.6) is 5.75 Å². The summed E-state index contributed by atoms with van der Waals surface area (Å²) in [7, 11) is 0. The van der Waals surface area contributed by atoms with E-state index < -0.39 is 17.8 Å². The molecule has 15 heavy (non-hydrogen) atoms. The number of carboxylic acids is 1. The zero-order valence-electron chi connectivity index (χ0n) is 7.61. The summed E-state index contributed by atoms with van der Waals surface area (Å²) in [6.45, 7) is -0.337. The molecule has 0 spiro atoms. The fourth-order valence-electron chi connectivity index (χ4n) is 0.865. The van der Waals surface area contributed by atoms with Gasteiger partial charge in [0.25, 0.3) is 0 Å². The molecule has 3 N–H and O–H groups in total. The maximum absolute atomic E-state index is 13.1. The van der Waals surface area contributed by atoms with Crippen molar-refractivity contribution in [3.05, 3.63) is 29.0 Å². The first-order valence-corrected chi connectivity index (χ1v) is 4.45. The van der Waals surface area contributed by atoms with Gasteiger partial charge in [0, 0.05) is 0 Å². The second-order valence-electron chi connectivity index (χ2n) is 2.81. The van der Waals surface area contributed by atoms with Crippen LogP contribution in [0.1, 0.15) is 0 Å². The molecule has 0 fully saturated rings. The molecule has 6 heteroatoms. The van der Waals surface area contributed by atoms with E-state index in [1.807, 2.05) is 0 Å². The maximum atomic E-state index is 13.1. The van der Waals surface area contributed by atoms with Crippen molar-refractivity contribution in [2.45, 2.75) is 6.04 Å². The average Bonchev–Trinajstić information content (AvgIpc) is 2.16. The Balaban J connectivity index is 2.69. The highest BCUT2D eigenvalue weighted by Gasteiger charge is 2.15. The summed E-state index contributed by atoms with van der Waals surface area (Å²) >= 11 is 5.64. The normalized spacial score (nSPS) is 12.2. The first kappa shape index (κ1) is 11.7. The number of hydrogen-bond acceptors (Lipinski definition) is 3. The first-order chi connectivity index (χ1) is 7.02. The number of ether oxygens (including phenoxy) is 1. The highest BCUT2D eigenvalue weighted by atomic mass is 35.5. The van der Waals surface area contributed by atoms with Crippen molar-refractivity contribution in [3.63, 3.8) is 0 Å². The van der Waals surface area contributed by atoms with E-state index >= 15 is 0 Å². The monoisotopic (exact) mass is 233 g/mol. The lowest BCUT2D eigenvalue weighted by molar-refractivity contribution is -0.139. The minimum atomic E-state index is -1.22. The molecular formula is C9H9ClFNO3. The molecule has 0 bridgehead atoms. The SMILES string of the molecule is NC(COc1c(F)cccc1Cl)C(=O)O. The molecule has 0 aliphatic rings. The van der Waals surface area contributed by atoms with Crippen molar-refractivity contribution in [3.8, 4) is 5.75 Å². The predicted molar refractivity (Wildman–Crippen MR) is 52.5 cm³/mol. The van der Waals surface area contributed by atoms with Crippen LogP contribution in [0.25, 0.3) is 0 Å². The molecule has 1 aromatic rings. The highest BCUT2D eigenvalue weighted by molar-refractivity contribution is 6.32. The smallest absolute Gasteiger partial charge is 0.324 e. The van der Waals surface area contributed by atoms with Crippen molar-refractivity contribution in [2.24, 2.45) is 5.73 Å². The molecule has 0 aliphatic heterocycles. The molecule has 1 atom stereocenters. The van der Waals surface area contributed by atoms with E-state index in [9.17, 15) is 9.18 Å². The molecule has 1 rings (SSSR count). The minimum absolute atomic E-state index is 0.0765. The van der Waals surface area contributed by atoms with Gasteiger partial charge in [0.2, 0.25) is 0 Å². The van der Waals surface area contributed by atoms with Gasteiger partial charge in [-0.25, -0.2) is 4.39 Å². The number of aliphatic carboxylic acids is 1. The van der Waals surface area contributed by atoms with E-state index in [1.54, 1.807) is 0 Å². The Morgan fingerprint density at radius 2 is 2.33 bits per heavy atom. The molecule has 0 aliphatic carbocycles. The van der Waals surface area contributed by atoms with Gasteiger partial charge >= 0.3 is 5.97 Å². The van der Waals surface area contributed by atoms with Crippen molar-refractivity contribution in [1.29, 1.82) is 0 Å². The van der Waals surface area contributed by atoms with Crippen LogP contribution in [0.4, 0.5) is 4.39 Å². The van der Waals surface area contributed by atoms with Crippen LogP contribution in [-0.2, 0) is 4.79 Å². The summed E-state index contributed by atoms with van der Waals surface area (Å²) < 4.78 is 18.0. The number of hydrogen-bond donors (Lipinski definition) is 2. The largest absolute Gasteiger partial charge is 0.487 e. The number of halogens is 2. The van der Waals surface area contributed by atoms with Gasteiger partial charge in [0.1, 0.15) is 12.6 Å². The Kier molecular flexibility index (Phi) is 3.88. The number of nitrogens with two attached hydrogens (primary N) is 1. The number of benzene rings is 1. The zero-order chi connectivity index (χ0) is 11.4. The fraction of sp³-hybridized carbons (Fsp3) is 0.222. The molecule has 4 nitrogen and oxygen atoms in total. The Labute approximate surface area is 90.4 Å². The van der Waals surface area contributed by atoms with Crippen LogP contribution >= 0.6 is 11.6 Å². The van der Waals surface area contributed by atoms with E-state index in [1.165, 1.54) is 12.1 Å². The van der Waals surface area contributed by atoms with Crippen molar-refractivity contribution in [1.82, 2.24) is 0 Å². The molecule has 0 amide bonds. The van der Waals surface area contributed by atoms with E-state index in [0.29, 0.717) is 0 Å². The first-order valence-electron chi connectivity index (χ1n) is 4.07. The van der Waals surface area contributed by atoms with Gasteiger partial charge < -0.3 is 15.6 Å². The molecule has 1 aromatic carbocycles. The highest BCUT2D eigenvalue weighted by Crippen LogP contribution is 2.27. The molecule has 82 valence electrons. The van der Waals surface area contributed by atoms with Crippen molar-refractivity contribution >= 4 is 17.6 Å². The minimum Gasteiger partial charge on any atom is -0.487 e. The molecule has 0 aromatic heterocycles. The third-order valence-electron chi connectivity index (χ3n) is 1.64. The third kappa shape index (κ3) is 3.07. The number of rotatable bonds is 4. The van der Waals surface area contributed by atoms with E-state index in [4.69, 9.17) is 27.2 Å². The second-order valence-corrected chi connectivity index (χ2v) is 3.21. The van der Waals surface area contributed by atoms with Gasteiger partial charge in [0.05, 0.1) is 5.02 Å². The van der Waals surface area contributed by atoms with Gasteiger partial charge in [0.15, 0.2) is 11.6 Å². The van der Waals surface area contributed by atoms with Gasteiger partial charge in [-0.05, 0) is 12.1 Å². The summed E-state index contributed by atoms with van der Waals surface area (Å²) in [6, 6.07) is 2.81. The summed E-state index contributed by atoms with van der Waals surface area (Å²) in [5.74, 6) is -2.06. The van der Waals surface area contributed by atoms with Crippen LogP contribution < -0.4 is 10.5 Å². The number of carboxylic acid groups (broad SMARTS) is 1. The molecule has 1 unspecified atom stereocenters. The predicted octanol–water partition coefficient (Wildman–Crippen LogP) is 1.27. The summed E-state index contributed by atoms with van der Waals surface area (Å²) in [5, 5.41) is 8.54. The zero-order valence-corrected chi connectivity index (χ0v) is 8.37. The molecule has 0 saturated heterocycles. The second kappa shape index (κ2) is 4.95. The Morgan fingerprint density at radius 3 is 2.87 bits per heavy atom. The summed E-state index contributed by atoms with van der Waals surface area (Å²) in [6.07, 6.45) is 0. The lowest BCUT2D eigenvalue weighted by Crippen LogP contribution is -2.36. The number of carbonyl (C=O) groups is 1.